The van der Waals surface area contributed by atoms with Gasteiger partial charge in [0.25, 0.3) is 0 Å². The molecule has 110 valence electrons. The van der Waals surface area contributed by atoms with Gasteiger partial charge in [0.1, 0.15) is 11.6 Å². The minimum absolute atomic E-state index is 0.200. The van der Waals surface area contributed by atoms with E-state index < -0.39 is 23.8 Å². The van der Waals surface area contributed by atoms with Gasteiger partial charge in [-0.2, -0.15) is 0 Å². The Hall–Kier alpha value is -1.69. The lowest BCUT2D eigenvalue weighted by Crippen LogP contribution is -2.41. The number of urea groups is 1. The van der Waals surface area contributed by atoms with Gasteiger partial charge in [-0.15, -0.1) is 0 Å². The molecule has 1 fully saturated rings. The van der Waals surface area contributed by atoms with Gasteiger partial charge in [0, 0.05) is 13.1 Å². The van der Waals surface area contributed by atoms with E-state index in [1.807, 2.05) is 0 Å². The zero-order valence-electron chi connectivity index (χ0n) is 11.0. The maximum Gasteiger partial charge on any atom is 0.314 e. The van der Waals surface area contributed by atoms with E-state index in [0.29, 0.717) is 5.92 Å². The van der Waals surface area contributed by atoms with Crippen molar-refractivity contribution in [3.8, 4) is 0 Å². The average Bonchev–Trinajstić information content (AvgIpc) is 3.24. The zero-order valence-corrected chi connectivity index (χ0v) is 11.0. The molecule has 2 amide bonds. The molecule has 0 aromatic heterocycles. The van der Waals surface area contributed by atoms with Crippen LogP contribution in [-0.4, -0.2) is 30.3 Å². The van der Waals surface area contributed by atoms with Crippen molar-refractivity contribution in [2.45, 2.75) is 25.4 Å². The highest BCUT2D eigenvalue weighted by atomic mass is 19.1. The fourth-order valence-corrected chi connectivity index (χ4v) is 1.95. The van der Waals surface area contributed by atoms with Crippen LogP contribution >= 0.6 is 0 Å². The first kappa shape index (κ1) is 14.7. The van der Waals surface area contributed by atoms with Crippen molar-refractivity contribution < 1.29 is 18.7 Å². The van der Waals surface area contributed by atoms with Gasteiger partial charge in [-0.3, -0.25) is 0 Å². The van der Waals surface area contributed by atoms with Crippen LogP contribution in [0.25, 0.3) is 0 Å². The number of aliphatic hydroxyl groups is 1. The Morgan fingerprint density at radius 1 is 1.35 bits per heavy atom. The van der Waals surface area contributed by atoms with Crippen LogP contribution in [0.1, 0.15) is 18.4 Å². The van der Waals surface area contributed by atoms with Gasteiger partial charge < -0.3 is 15.7 Å². The standard InChI is InChI=1S/C14H18F2N2O2/c15-11-3-4-12(16)10(7-11)5-6-17-14(20)18-8-13(19)9-1-2-9/h3-4,7,9,13,19H,1-2,5-6,8H2,(H2,17,18,20)/t13-/m1/s1. The van der Waals surface area contributed by atoms with E-state index in [-0.39, 0.29) is 25.1 Å². The number of hydrogen-bond acceptors (Lipinski definition) is 2. The summed E-state index contributed by atoms with van der Waals surface area (Å²) < 4.78 is 26.2. The van der Waals surface area contributed by atoms with Crippen LogP contribution in [0.4, 0.5) is 13.6 Å². The summed E-state index contributed by atoms with van der Waals surface area (Å²) in [6, 6.07) is 2.82. The zero-order chi connectivity index (χ0) is 14.5. The summed E-state index contributed by atoms with van der Waals surface area (Å²) in [6.45, 7) is 0.413. The number of carbonyl (C=O) groups is 1. The number of aliphatic hydroxyl groups excluding tert-OH is 1. The highest BCUT2D eigenvalue weighted by molar-refractivity contribution is 5.73. The first-order valence-corrected chi connectivity index (χ1v) is 6.70. The van der Waals surface area contributed by atoms with E-state index in [2.05, 4.69) is 10.6 Å². The first-order valence-electron chi connectivity index (χ1n) is 6.70. The molecule has 0 radical (unpaired) electrons. The van der Waals surface area contributed by atoms with Crippen molar-refractivity contribution in [3.63, 3.8) is 0 Å². The number of amides is 2. The molecule has 0 unspecified atom stereocenters. The predicted octanol–water partition coefficient (Wildman–Crippen LogP) is 1.58. The molecule has 0 bridgehead atoms. The first-order chi connectivity index (χ1) is 9.56. The van der Waals surface area contributed by atoms with Gasteiger partial charge >= 0.3 is 6.03 Å². The topological polar surface area (TPSA) is 61.4 Å². The average molecular weight is 284 g/mol. The summed E-state index contributed by atoms with van der Waals surface area (Å²) in [7, 11) is 0. The van der Waals surface area contributed by atoms with Crippen molar-refractivity contribution in [3.05, 3.63) is 35.4 Å². The number of rotatable bonds is 6. The summed E-state index contributed by atoms with van der Waals surface area (Å²) in [5, 5.41) is 14.7. The van der Waals surface area contributed by atoms with E-state index in [0.717, 1.165) is 31.0 Å². The fourth-order valence-electron chi connectivity index (χ4n) is 1.95. The van der Waals surface area contributed by atoms with E-state index in [4.69, 9.17) is 0 Å². The second-order valence-corrected chi connectivity index (χ2v) is 5.03. The molecule has 6 heteroatoms. The number of hydrogen-bond donors (Lipinski definition) is 3. The molecular formula is C14H18F2N2O2. The quantitative estimate of drug-likeness (QED) is 0.742. The minimum atomic E-state index is -0.501. The maximum absolute atomic E-state index is 13.3. The Kier molecular flexibility index (Phi) is 4.89. The van der Waals surface area contributed by atoms with Gasteiger partial charge in [-0.1, -0.05) is 0 Å². The van der Waals surface area contributed by atoms with Crippen LogP contribution in [-0.2, 0) is 6.42 Å². The third-order valence-electron chi connectivity index (χ3n) is 3.33. The molecule has 0 aliphatic heterocycles. The molecule has 2 rings (SSSR count). The van der Waals surface area contributed by atoms with Crippen LogP contribution in [0.5, 0.6) is 0 Å². The van der Waals surface area contributed by atoms with Crippen molar-refractivity contribution in [2.24, 2.45) is 5.92 Å². The lowest BCUT2D eigenvalue weighted by molar-refractivity contribution is 0.149. The van der Waals surface area contributed by atoms with Crippen LogP contribution in [0.15, 0.2) is 18.2 Å². The van der Waals surface area contributed by atoms with Crippen molar-refractivity contribution in [1.82, 2.24) is 10.6 Å². The Bertz CT molecular complexity index is 478. The lowest BCUT2D eigenvalue weighted by Gasteiger charge is -2.11. The second-order valence-electron chi connectivity index (χ2n) is 5.03. The monoisotopic (exact) mass is 284 g/mol. The minimum Gasteiger partial charge on any atom is -0.391 e. The summed E-state index contributed by atoms with van der Waals surface area (Å²) in [5.41, 5.74) is 0.225. The lowest BCUT2D eigenvalue weighted by atomic mass is 10.1. The molecule has 1 aliphatic carbocycles. The summed E-state index contributed by atoms with van der Waals surface area (Å²) >= 11 is 0. The van der Waals surface area contributed by atoms with Crippen LogP contribution in [0.2, 0.25) is 0 Å². The Morgan fingerprint density at radius 2 is 2.10 bits per heavy atom. The number of carbonyl (C=O) groups excluding carboxylic acids is 1. The molecule has 1 aromatic carbocycles. The molecular weight excluding hydrogens is 266 g/mol. The van der Waals surface area contributed by atoms with Gasteiger partial charge in [0.2, 0.25) is 0 Å². The molecule has 1 aromatic rings. The third kappa shape index (κ3) is 4.45. The molecule has 1 aliphatic rings. The van der Waals surface area contributed by atoms with Crippen LogP contribution < -0.4 is 10.6 Å². The molecule has 1 atom stereocenters. The van der Waals surface area contributed by atoms with E-state index in [9.17, 15) is 18.7 Å². The van der Waals surface area contributed by atoms with Crippen molar-refractivity contribution >= 4 is 6.03 Å². The highest BCUT2D eigenvalue weighted by Crippen LogP contribution is 2.32. The van der Waals surface area contributed by atoms with Gasteiger partial charge in [-0.05, 0) is 48.9 Å². The normalized spacial score (nSPS) is 15.8. The van der Waals surface area contributed by atoms with Crippen LogP contribution in [0, 0.1) is 17.6 Å². The smallest absolute Gasteiger partial charge is 0.314 e. The van der Waals surface area contributed by atoms with Gasteiger partial charge in [0.05, 0.1) is 6.10 Å². The second kappa shape index (κ2) is 6.65. The summed E-state index contributed by atoms with van der Waals surface area (Å²) in [5.74, 6) is -0.687. The highest BCUT2D eigenvalue weighted by Gasteiger charge is 2.29. The summed E-state index contributed by atoms with van der Waals surface area (Å²) in [4.78, 5) is 11.4. The summed E-state index contributed by atoms with van der Waals surface area (Å²) in [6.07, 6.45) is 1.72. The Balaban J connectivity index is 1.66. The number of halogens is 2. The van der Waals surface area contributed by atoms with E-state index in [1.54, 1.807) is 0 Å². The molecule has 0 heterocycles. The number of nitrogens with one attached hydrogen (secondary N) is 2. The van der Waals surface area contributed by atoms with Crippen molar-refractivity contribution in [1.29, 1.82) is 0 Å². The molecule has 0 spiro atoms. The molecule has 1 saturated carbocycles. The van der Waals surface area contributed by atoms with Gasteiger partial charge in [0.15, 0.2) is 0 Å². The maximum atomic E-state index is 13.3. The molecule has 0 saturated heterocycles. The molecule has 4 nitrogen and oxygen atoms in total. The largest absolute Gasteiger partial charge is 0.391 e. The molecule has 20 heavy (non-hydrogen) atoms. The predicted molar refractivity (Wildman–Crippen MR) is 70.2 cm³/mol. The van der Waals surface area contributed by atoms with Crippen LogP contribution in [0.3, 0.4) is 0 Å². The van der Waals surface area contributed by atoms with Crippen molar-refractivity contribution in [2.75, 3.05) is 13.1 Å². The Morgan fingerprint density at radius 3 is 2.80 bits per heavy atom. The number of benzene rings is 1. The third-order valence-corrected chi connectivity index (χ3v) is 3.33. The van der Waals surface area contributed by atoms with Gasteiger partial charge in [-0.25, -0.2) is 13.6 Å². The SMILES string of the molecule is O=C(NCCc1cc(F)ccc1F)NC[C@@H](O)C1CC1. The Labute approximate surface area is 116 Å². The fraction of sp³-hybridized carbons (Fsp3) is 0.500. The molecule has 3 N–H and O–H groups in total. The van der Waals surface area contributed by atoms with E-state index >= 15 is 0 Å². The van der Waals surface area contributed by atoms with E-state index in [1.165, 1.54) is 0 Å².